The average molecular weight is 210 g/mol. The molecule has 0 aliphatic carbocycles. The van der Waals surface area contributed by atoms with Gasteiger partial charge in [0.2, 0.25) is 0 Å². The van der Waals surface area contributed by atoms with Gasteiger partial charge in [-0.05, 0) is 28.7 Å². The minimum Gasteiger partial charge on any atom is -0.135 e. The van der Waals surface area contributed by atoms with Crippen LogP contribution in [-0.2, 0) is 0 Å². The Balaban J connectivity index is 2.56. The Bertz CT molecular complexity index is 238. The molecule has 1 aliphatic heterocycles. The Kier molecular flexibility index (Phi) is 3.94. The van der Waals surface area contributed by atoms with E-state index < -0.39 is 0 Å². The van der Waals surface area contributed by atoms with Crippen LogP contribution in [0.15, 0.2) is 20.7 Å². The zero-order chi connectivity index (χ0) is 11.4. The van der Waals surface area contributed by atoms with Gasteiger partial charge < -0.3 is 0 Å². The minimum atomic E-state index is -0.354. The maximum Gasteiger partial charge on any atom is 0.195 e. The lowest BCUT2D eigenvalue weighted by Gasteiger charge is -2.28. The van der Waals surface area contributed by atoms with E-state index >= 15 is 0 Å². The summed E-state index contributed by atoms with van der Waals surface area (Å²) in [5, 5.41) is 15.8. The molecule has 0 spiro atoms. The molecular formula is C11H22N4. The normalized spacial score (nSPS) is 18.7. The molecule has 1 heterocycles. The Morgan fingerprint density at radius 1 is 1.00 bits per heavy atom. The zero-order valence-electron chi connectivity index (χ0n) is 10.3. The van der Waals surface area contributed by atoms with E-state index in [0.717, 1.165) is 19.3 Å². The summed E-state index contributed by atoms with van der Waals surface area (Å²) in [6.45, 7) is 8.82. The Labute approximate surface area is 92.2 Å². The van der Waals surface area contributed by atoms with E-state index in [9.17, 15) is 0 Å². The van der Waals surface area contributed by atoms with Crippen LogP contribution in [0.1, 0.15) is 59.8 Å². The fourth-order valence-corrected chi connectivity index (χ4v) is 1.99. The van der Waals surface area contributed by atoms with Crippen molar-refractivity contribution in [3.05, 3.63) is 0 Å². The molecule has 0 unspecified atom stereocenters. The number of hydrogen-bond acceptors (Lipinski definition) is 4. The third kappa shape index (κ3) is 4.06. The molecule has 0 saturated carbocycles. The van der Waals surface area contributed by atoms with Crippen molar-refractivity contribution in [1.82, 2.24) is 0 Å². The highest BCUT2D eigenvalue weighted by Gasteiger charge is 2.36. The molecule has 0 N–H and O–H groups in total. The summed E-state index contributed by atoms with van der Waals surface area (Å²) >= 11 is 0. The summed E-state index contributed by atoms with van der Waals surface area (Å²) in [5.74, 6) is 0. The van der Waals surface area contributed by atoms with Crippen molar-refractivity contribution in [2.75, 3.05) is 0 Å². The first-order valence-electron chi connectivity index (χ1n) is 5.81. The minimum absolute atomic E-state index is 0.217. The third-order valence-electron chi connectivity index (χ3n) is 2.50. The molecule has 0 bridgehead atoms. The van der Waals surface area contributed by atoms with E-state index in [2.05, 4.69) is 48.4 Å². The standard InChI is InChI=1S/C11H22N4/c1-5-6-7-8-11(9-10(2,3)4)12-14-15-13-11/h5-9H2,1-4H3. The van der Waals surface area contributed by atoms with Gasteiger partial charge >= 0.3 is 0 Å². The molecule has 0 saturated heterocycles. The lowest BCUT2D eigenvalue weighted by Crippen LogP contribution is -2.28. The second kappa shape index (κ2) is 4.81. The fraction of sp³-hybridized carbons (Fsp3) is 1.00. The van der Waals surface area contributed by atoms with Gasteiger partial charge in [0.15, 0.2) is 5.66 Å². The summed E-state index contributed by atoms with van der Waals surface area (Å²) in [7, 11) is 0. The lowest BCUT2D eigenvalue weighted by atomic mass is 9.83. The highest BCUT2D eigenvalue weighted by Crippen LogP contribution is 2.37. The van der Waals surface area contributed by atoms with Gasteiger partial charge in [-0.2, -0.15) is 0 Å². The van der Waals surface area contributed by atoms with Crippen molar-refractivity contribution in [2.45, 2.75) is 65.5 Å². The van der Waals surface area contributed by atoms with Crippen molar-refractivity contribution < 1.29 is 0 Å². The molecular weight excluding hydrogens is 188 g/mol. The molecule has 0 amide bonds. The molecule has 0 atom stereocenters. The van der Waals surface area contributed by atoms with Gasteiger partial charge in [-0.15, -0.1) is 10.2 Å². The molecule has 1 aliphatic rings. The smallest absolute Gasteiger partial charge is 0.135 e. The van der Waals surface area contributed by atoms with Crippen LogP contribution in [0, 0.1) is 5.41 Å². The molecule has 15 heavy (non-hydrogen) atoms. The van der Waals surface area contributed by atoms with Crippen molar-refractivity contribution in [3.63, 3.8) is 0 Å². The Morgan fingerprint density at radius 2 is 1.60 bits per heavy atom. The predicted molar refractivity (Wildman–Crippen MR) is 60.7 cm³/mol. The molecule has 0 aromatic carbocycles. The summed E-state index contributed by atoms with van der Waals surface area (Å²) in [6, 6.07) is 0. The lowest BCUT2D eigenvalue weighted by molar-refractivity contribution is 0.243. The van der Waals surface area contributed by atoms with Crippen LogP contribution < -0.4 is 0 Å². The van der Waals surface area contributed by atoms with Crippen LogP contribution in [0.25, 0.3) is 0 Å². The second-order valence-electron chi connectivity index (χ2n) is 5.56. The van der Waals surface area contributed by atoms with E-state index in [1.54, 1.807) is 0 Å². The van der Waals surface area contributed by atoms with Crippen molar-refractivity contribution in [1.29, 1.82) is 0 Å². The molecule has 86 valence electrons. The fourth-order valence-electron chi connectivity index (χ4n) is 1.99. The van der Waals surface area contributed by atoms with E-state index in [-0.39, 0.29) is 11.1 Å². The van der Waals surface area contributed by atoms with E-state index in [1.807, 2.05) is 0 Å². The van der Waals surface area contributed by atoms with Gasteiger partial charge in [0.25, 0.3) is 0 Å². The Hall–Kier alpha value is -0.800. The number of rotatable bonds is 5. The van der Waals surface area contributed by atoms with Crippen molar-refractivity contribution in [3.8, 4) is 0 Å². The molecule has 1 rings (SSSR count). The summed E-state index contributed by atoms with van der Waals surface area (Å²) in [6.07, 6.45) is 5.52. The number of nitrogens with zero attached hydrogens (tertiary/aromatic N) is 4. The van der Waals surface area contributed by atoms with E-state index in [4.69, 9.17) is 0 Å². The summed E-state index contributed by atoms with van der Waals surface area (Å²) in [5.41, 5.74) is -0.137. The van der Waals surface area contributed by atoms with Crippen LogP contribution in [0.3, 0.4) is 0 Å². The quantitative estimate of drug-likeness (QED) is 0.598. The predicted octanol–water partition coefficient (Wildman–Crippen LogP) is 4.53. The Morgan fingerprint density at radius 3 is 2.07 bits per heavy atom. The number of unbranched alkanes of at least 4 members (excludes halogenated alkanes) is 2. The van der Waals surface area contributed by atoms with Crippen LogP contribution >= 0.6 is 0 Å². The van der Waals surface area contributed by atoms with Crippen LogP contribution in [-0.4, -0.2) is 5.66 Å². The van der Waals surface area contributed by atoms with E-state index in [0.29, 0.717) is 0 Å². The maximum absolute atomic E-state index is 4.22. The molecule has 0 aromatic heterocycles. The third-order valence-corrected chi connectivity index (χ3v) is 2.50. The maximum atomic E-state index is 4.22. The molecule has 4 nitrogen and oxygen atoms in total. The second-order valence-corrected chi connectivity index (χ2v) is 5.56. The molecule has 4 heteroatoms. The van der Waals surface area contributed by atoms with Crippen molar-refractivity contribution in [2.24, 2.45) is 26.1 Å². The van der Waals surface area contributed by atoms with Crippen LogP contribution in [0.2, 0.25) is 0 Å². The van der Waals surface area contributed by atoms with Gasteiger partial charge in [0, 0.05) is 6.42 Å². The van der Waals surface area contributed by atoms with Crippen LogP contribution in [0.5, 0.6) is 0 Å². The van der Waals surface area contributed by atoms with Gasteiger partial charge in [-0.25, -0.2) is 0 Å². The average Bonchev–Trinajstić information content (AvgIpc) is 2.51. The number of hydrogen-bond donors (Lipinski definition) is 0. The molecule has 0 aromatic rings. The first kappa shape index (κ1) is 12.3. The van der Waals surface area contributed by atoms with Gasteiger partial charge in [0.05, 0.1) is 0 Å². The van der Waals surface area contributed by atoms with Gasteiger partial charge in [0.1, 0.15) is 0 Å². The summed E-state index contributed by atoms with van der Waals surface area (Å²) in [4.78, 5) is 0. The largest absolute Gasteiger partial charge is 0.195 e. The SMILES string of the molecule is CCCCCC1(CC(C)(C)C)N=NN=N1. The van der Waals surface area contributed by atoms with Gasteiger partial charge in [-0.3, -0.25) is 0 Å². The zero-order valence-corrected chi connectivity index (χ0v) is 10.3. The molecule has 0 radical (unpaired) electrons. The highest BCUT2D eigenvalue weighted by atomic mass is 15.6. The summed E-state index contributed by atoms with van der Waals surface area (Å²) < 4.78 is 0. The molecule has 0 fully saturated rings. The van der Waals surface area contributed by atoms with Gasteiger partial charge in [-0.1, -0.05) is 40.5 Å². The topological polar surface area (TPSA) is 49.4 Å². The first-order valence-corrected chi connectivity index (χ1v) is 5.81. The van der Waals surface area contributed by atoms with Crippen molar-refractivity contribution >= 4 is 0 Å². The highest BCUT2D eigenvalue weighted by molar-refractivity contribution is 4.89. The van der Waals surface area contributed by atoms with E-state index in [1.165, 1.54) is 12.8 Å². The monoisotopic (exact) mass is 210 g/mol. The first-order chi connectivity index (χ1) is 6.97. The van der Waals surface area contributed by atoms with Crippen LogP contribution in [0.4, 0.5) is 0 Å².